The second kappa shape index (κ2) is 15.2. The van der Waals surface area contributed by atoms with Gasteiger partial charge in [-0.25, -0.2) is 4.79 Å². The Kier molecular flexibility index (Phi) is 12.3. The molecule has 0 aliphatic carbocycles. The SMILES string of the molecule is O=C(OCc1ccccc1)N1CCOCCOCCOCCOCCOCC1. The van der Waals surface area contributed by atoms with E-state index >= 15 is 0 Å². The number of rotatable bonds is 2. The maximum absolute atomic E-state index is 12.4. The summed E-state index contributed by atoms with van der Waals surface area (Å²) in [4.78, 5) is 14.0. The van der Waals surface area contributed by atoms with E-state index in [2.05, 4.69) is 0 Å². The van der Waals surface area contributed by atoms with Gasteiger partial charge in [-0.3, -0.25) is 0 Å². The molecule has 1 aromatic rings. The van der Waals surface area contributed by atoms with Gasteiger partial charge in [0.15, 0.2) is 0 Å². The molecule has 2 rings (SSSR count). The summed E-state index contributed by atoms with van der Waals surface area (Å²) in [7, 11) is 0. The molecule has 0 bridgehead atoms. The number of nitrogens with zero attached hydrogens (tertiary/aromatic N) is 1. The molecule has 1 amide bonds. The fourth-order valence-corrected chi connectivity index (χ4v) is 2.44. The molecule has 8 heteroatoms. The average Bonchev–Trinajstić information content (AvgIpc) is 2.72. The van der Waals surface area contributed by atoms with E-state index in [1.807, 2.05) is 30.3 Å². The maximum Gasteiger partial charge on any atom is 0.410 e. The number of benzene rings is 1. The first-order chi connectivity index (χ1) is 13.9. The molecule has 0 spiro atoms. The number of hydrogen-bond acceptors (Lipinski definition) is 7. The van der Waals surface area contributed by atoms with Crippen molar-refractivity contribution in [3.8, 4) is 0 Å². The fraction of sp³-hybridized carbons (Fsp3) is 0.650. The molecule has 8 nitrogen and oxygen atoms in total. The fourth-order valence-electron chi connectivity index (χ4n) is 2.44. The summed E-state index contributed by atoms with van der Waals surface area (Å²) in [6.07, 6.45) is -0.380. The van der Waals surface area contributed by atoms with Gasteiger partial charge in [-0.05, 0) is 5.56 Å². The van der Waals surface area contributed by atoms with Crippen molar-refractivity contribution < 1.29 is 33.2 Å². The number of hydrogen-bond donors (Lipinski definition) is 0. The Morgan fingerprint density at radius 2 is 1.14 bits per heavy atom. The quantitative estimate of drug-likeness (QED) is 0.752. The van der Waals surface area contributed by atoms with Crippen LogP contribution in [-0.2, 0) is 35.0 Å². The lowest BCUT2D eigenvalue weighted by Gasteiger charge is -2.22. The number of ether oxygens (including phenoxy) is 6. The summed E-state index contributed by atoms with van der Waals surface area (Å²) >= 11 is 0. The standard InChI is InChI=1S/C20H31NO7/c22-20(28-18-19-4-2-1-3-5-19)21-6-8-23-10-12-25-14-16-27-17-15-26-13-11-24-9-7-21/h1-5H,6-18H2. The molecule has 1 saturated heterocycles. The second-order valence-corrected chi connectivity index (χ2v) is 6.09. The van der Waals surface area contributed by atoms with Crippen LogP contribution in [0.3, 0.4) is 0 Å². The summed E-state index contributed by atoms with van der Waals surface area (Å²) in [5, 5.41) is 0. The summed E-state index contributed by atoms with van der Waals surface area (Å²) in [6.45, 7) is 5.90. The molecule has 0 unspecified atom stereocenters. The smallest absolute Gasteiger partial charge is 0.410 e. The number of carbonyl (C=O) groups excluding carboxylic acids is 1. The van der Waals surface area contributed by atoms with E-state index in [1.165, 1.54) is 0 Å². The van der Waals surface area contributed by atoms with Gasteiger partial charge in [-0.15, -0.1) is 0 Å². The van der Waals surface area contributed by atoms with Crippen LogP contribution in [0.2, 0.25) is 0 Å². The highest BCUT2D eigenvalue weighted by Crippen LogP contribution is 2.04. The van der Waals surface area contributed by atoms with E-state index in [4.69, 9.17) is 28.4 Å². The molecule has 1 aliphatic heterocycles. The van der Waals surface area contributed by atoms with Crippen LogP contribution in [-0.4, -0.2) is 90.2 Å². The first kappa shape index (κ1) is 22.6. The lowest BCUT2D eigenvalue weighted by molar-refractivity contribution is -0.0187. The zero-order valence-electron chi connectivity index (χ0n) is 16.4. The first-order valence-electron chi connectivity index (χ1n) is 9.70. The van der Waals surface area contributed by atoms with Crippen LogP contribution < -0.4 is 0 Å². The van der Waals surface area contributed by atoms with Gasteiger partial charge >= 0.3 is 6.09 Å². The minimum Gasteiger partial charge on any atom is -0.445 e. The van der Waals surface area contributed by atoms with Crippen molar-refractivity contribution in [1.82, 2.24) is 4.90 Å². The normalized spacial score (nSPS) is 19.4. The van der Waals surface area contributed by atoms with E-state index in [0.29, 0.717) is 79.2 Å². The second-order valence-electron chi connectivity index (χ2n) is 6.09. The van der Waals surface area contributed by atoms with E-state index in [1.54, 1.807) is 4.90 Å². The van der Waals surface area contributed by atoms with E-state index < -0.39 is 0 Å². The molecule has 1 heterocycles. The first-order valence-corrected chi connectivity index (χ1v) is 9.70. The molecule has 0 atom stereocenters. The van der Waals surface area contributed by atoms with Crippen LogP contribution in [0.1, 0.15) is 5.56 Å². The number of amides is 1. The van der Waals surface area contributed by atoms with Crippen LogP contribution in [0.15, 0.2) is 30.3 Å². The average molecular weight is 397 g/mol. The predicted molar refractivity (Wildman–Crippen MR) is 102 cm³/mol. The third kappa shape index (κ3) is 10.6. The van der Waals surface area contributed by atoms with Gasteiger partial charge in [0.2, 0.25) is 0 Å². The Bertz CT molecular complexity index is 497. The molecule has 0 radical (unpaired) electrons. The molecule has 1 aliphatic rings. The molecular weight excluding hydrogens is 366 g/mol. The molecule has 1 aromatic carbocycles. The van der Waals surface area contributed by atoms with Gasteiger partial charge in [0.1, 0.15) is 6.61 Å². The zero-order chi connectivity index (χ0) is 19.7. The molecule has 0 saturated carbocycles. The molecular formula is C20H31NO7. The van der Waals surface area contributed by atoms with Gasteiger partial charge in [0, 0.05) is 13.1 Å². The van der Waals surface area contributed by atoms with Gasteiger partial charge in [0.05, 0.1) is 66.1 Å². The highest BCUT2D eigenvalue weighted by Gasteiger charge is 2.15. The third-order valence-electron chi connectivity index (χ3n) is 3.96. The van der Waals surface area contributed by atoms with Crippen molar-refractivity contribution in [2.24, 2.45) is 0 Å². The van der Waals surface area contributed by atoms with Gasteiger partial charge < -0.3 is 33.3 Å². The molecule has 0 aromatic heterocycles. The van der Waals surface area contributed by atoms with Gasteiger partial charge in [-0.1, -0.05) is 30.3 Å². The summed E-state index contributed by atoms with van der Waals surface area (Å²) in [6, 6.07) is 9.60. The number of carbonyl (C=O) groups is 1. The molecule has 1 fully saturated rings. The summed E-state index contributed by atoms with van der Waals surface area (Å²) in [5.41, 5.74) is 0.947. The van der Waals surface area contributed by atoms with Crippen molar-refractivity contribution in [1.29, 1.82) is 0 Å². The maximum atomic E-state index is 12.4. The van der Waals surface area contributed by atoms with Crippen LogP contribution in [0.4, 0.5) is 4.79 Å². The van der Waals surface area contributed by atoms with Crippen molar-refractivity contribution in [2.45, 2.75) is 6.61 Å². The summed E-state index contributed by atoms with van der Waals surface area (Å²) < 4.78 is 32.7. The van der Waals surface area contributed by atoms with E-state index in [-0.39, 0.29) is 12.7 Å². The van der Waals surface area contributed by atoms with E-state index in [9.17, 15) is 4.79 Å². The molecule has 28 heavy (non-hydrogen) atoms. The third-order valence-corrected chi connectivity index (χ3v) is 3.96. The monoisotopic (exact) mass is 397 g/mol. The van der Waals surface area contributed by atoms with Crippen LogP contribution in [0, 0.1) is 0 Å². The zero-order valence-corrected chi connectivity index (χ0v) is 16.4. The Morgan fingerprint density at radius 1 is 0.714 bits per heavy atom. The minimum atomic E-state index is -0.380. The van der Waals surface area contributed by atoms with Crippen molar-refractivity contribution >= 4 is 6.09 Å². The summed E-state index contributed by atoms with van der Waals surface area (Å²) in [5.74, 6) is 0. The van der Waals surface area contributed by atoms with Crippen molar-refractivity contribution in [3.63, 3.8) is 0 Å². The minimum absolute atomic E-state index is 0.238. The largest absolute Gasteiger partial charge is 0.445 e. The molecule has 0 N–H and O–H groups in total. The van der Waals surface area contributed by atoms with Crippen molar-refractivity contribution in [2.75, 3.05) is 79.2 Å². The van der Waals surface area contributed by atoms with Crippen LogP contribution >= 0.6 is 0 Å². The Labute approximate surface area is 166 Å². The lowest BCUT2D eigenvalue weighted by Crippen LogP contribution is -2.37. The molecule has 158 valence electrons. The van der Waals surface area contributed by atoms with Gasteiger partial charge in [-0.2, -0.15) is 0 Å². The van der Waals surface area contributed by atoms with Crippen LogP contribution in [0.25, 0.3) is 0 Å². The topological polar surface area (TPSA) is 75.7 Å². The van der Waals surface area contributed by atoms with Crippen LogP contribution in [0.5, 0.6) is 0 Å². The van der Waals surface area contributed by atoms with E-state index in [0.717, 1.165) is 5.56 Å². The van der Waals surface area contributed by atoms with Crippen molar-refractivity contribution in [3.05, 3.63) is 35.9 Å². The lowest BCUT2D eigenvalue weighted by atomic mass is 10.2. The van der Waals surface area contributed by atoms with Gasteiger partial charge in [0.25, 0.3) is 0 Å². The highest BCUT2D eigenvalue weighted by molar-refractivity contribution is 5.67. The predicted octanol–water partition coefficient (Wildman–Crippen LogP) is 1.72. The Hall–Kier alpha value is -1.71. The Balaban J connectivity index is 1.75. The Morgan fingerprint density at radius 3 is 1.61 bits per heavy atom. The highest BCUT2D eigenvalue weighted by atomic mass is 16.6.